The van der Waals surface area contributed by atoms with E-state index in [4.69, 9.17) is 9.72 Å². The summed E-state index contributed by atoms with van der Waals surface area (Å²) in [7, 11) is -3.21. The van der Waals surface area contributed by atoms with Gasteiger partial charge in [0.25, 0.3) is 0 Å². The SMILES string of the molecule is Cc1cc(OCc2cnc(SC3CCCC3)n2-c2cccnc2)ccc1-c1ccc(S(C)(=O)=O)cc1. The molecule has 0 aliphatic heterocycles. The Morgan fingerprint density at radius 2 is 1.83 bits per heavy atom. The van der Waals surface area contributed by atoms with Gasteiger partial charge in [-0.25, -0.2) is 13.4 Å². The molecule has 36 heavy (non-hydrogen) atoms. The highest BCUT2D eigenvalue weighted by Gasteiger charge is 2.21. The average Bonchev–Trinajstić information content (AvgIpc) is 3.53. The van der Waals surface area contributed by atoms with E-state index >= 15 is 0 Å². The number of pyridine rings is 1. The van der Waals surface area contributed by atoms with Gasteiger partial charge in [0.15, 0.2) is 15.0 Å². The molecule has 2 heterocycles. The summed E-state index contributed by atoms with van der Waals surface area (Å²) in [6.07, 6.45) is 11.8. The molecule has 2 aromatic heterocycles. The number of hydrogen-bond acceptors (Lipinski definition) is 6. The number of hydrogen-bond donors (Lipinski definition) is 0. The van der Waals surface area contributed by atoms with Crippen LogP contribution < -0.4 is 4.74 Å². The zero-order valence-electron chi connectivity index (χ0n) is 20.4. The maximum atomic E-state index is 11.8. The fraction of sp³-hybridized carbons (Fsp3) is 0.286. The predicted molar refractivity (Wildman–Crippen MR) is 144 cm³/mol. The van der Waals surface area contributed by atoms with Crippen LogP contribution in [0.25, 0.3) is 16.8 Å². The lowest BCUT2D eigenvalue weighted by Gasteiger charge is -2.15. The quantitative estimate of drug-likeness (QED) is 0.274. The van der Waals surface area contributed by atoms with Gasteiger partial charge in [-0.3, -0.25) is 9.55 Å². The number of thioether (sulfide) groups is 1. The molecule has 0 radical (unpaired) electrons. The zero-order chi connectivity index (χ0) is 25.1. The molecule has 1 fully saturated rings. The predicted octanol–water partition coefficient (Wildman–Crippen LogP) is 6.26. The fourth-order valence-electron chi connectivity index (χ4n) is 4.56. The van der Waals surface area contributed by atoms with Gasteiger partial charge in [-0.1, -0.05) is 42.8 Å². The summed E-state index contributed by atoms with van der Waals surface area (Å²) in [4.78, 5) is 9.37. The lowest BCUT2D eigenvalue weighted by Crippen LogP contribution is -2.07. The second kappa shape index (κ2) is 10.5. The van der Waals surface area contributed by atoms with E-state index in [0.29, 0.717) is 16.8 Å². The second-order valence-corrected chi connectivity index (χ2v) is 12.4. The van der Waals surface area contributed by atoms with Crippen LogP contribution in [0.15, 0.2) is 83.2 Å². The number of ether oxygens (including phenoxy) is 1. The molecule has 1 aliphatic rings. The molecule has 0 bridgehead atoms. The van der Waals surface area contributed by atoms with Crippen molar-refractivity contribution in [3.05, 3.63) is 84.4 Å². The number of benzene rings is 2. The largest absolute Gasteiger partial charge is 0.487 e. The Bertz CT molecular complexity index is 1440. The number of imidazole rings is 1. The van der Waals surface area contributed by atoms with Gasteiger partial charge in [-0.15, -0.1) is 0 Å². The number of aromatic nitrogens is 3. The summed E-state index contributed by atoms with van der Waals surface area (Å²) >= 11 is 1.85. The third-order valence-electron chi connectivity index (χ3n) is 6.46. The third-order valence-corrected chi connectivity index (χ3v) is 8.89. The molecule has 8 heteroatoms. The van der Waals surface area contributed by atoms with Crippen molar-refractivity contribution in [2.24, 2.45) is 0 Å². The first-order valence-corrected chi connectivity index (χ1v) is 14.8. The minimum absolute atomic E-state index is 0.319. The van der Waals surface area contributed by atoms with Crippen LogP contribution >= 0.6 is 11.8 Å². The minimum atomic E-state index is -3.21. The molecule has 0 N–H and O–H groups in total. The van der Waals surface area contributed by atoms with Crippen molar-refractivity contribution >= 4 is 21.6 Å². The fourth-order valence-corrected chi connectivity index (χ4v) is 6.50. The topological polar surface area (TPSA) is 74.1 Å². The molecule has 5 rings (SSSR count). The Morgan fingerprint density at radius 1 is 1.06 bits per heavy atom. The average molecular weight is 520 g/mol. The van der Waals surface area contributed by atoms with Crippen molar-refractivity contribution < 1.29 is 13.2 Å². The molecule has 186 valence electrons. The summed E-state index contributed by atoms with van der Waals surface area (Å²) in [5.74, 6) is 0.771. The summed E-state index contributed by atoms with van der Waals surface area (Å²) in [5.41, 5.74) is 5.02. The second-order valence-electron chi connectivity index (χ2n) is 9.17. The molecule has 6 nitrogen and oxygen atoms in total. The molecule has 0 spiro atoms. The van der Waals surface area contributed by atoms with Crippen LogP contribution in [0, 0.1) is 6.92 Å². The van der Waals surface area contributed by atoms with Crippen molar-refractivity contribution in [1.82, 2.24) is 14.5 Å². The maximum Gasteiger partial charge on any atom is 0.175 e. The van der Waals surface area contributed by atoms with Gasteiger partial charge in [0.05, 0.1) is 28.7 Å². The van der Waals surface area contributed by atoms with Crippen LogP contribution in [-0.2, 0) is 16.4 Å². The van der Waals surface area contributed by atoms with Crippen molar-refractivity contribution in [3.8, 4) is 22.6 Å². The number of nitrogens with zero attached hydrogens (tertiary/aromatic N) is 3. The zero-order valence-corrected chi connectivity index (χ0v) is 22.1. The minimum Gasteiger partial charge on any atom is -0.487 e. The van der Waals surface area contributed by atoms with Crippen molar-refractivity contribution in [2.45, 2.75) is 54.5 Å². The van der Waals surface area contributed by atoms with Gasteiger partial charge in [-0.05, 0) is 72.9 Å². The first kappa shape index (κ1) is 24.6. The molecule has 0 amide bonds. The standard InChI is InChI=1S/C28H29N3O3S2/c1-20-16-24(11-14-27(20)21-9-12-26(13-10-21)36(2,32)33)34-19-23-18-30-28(35-25-7-3-4-8-25)31(23)22-6-5-15-29-17-22/h5-6,9-18,25H,3-4,7-8,19H2,1-2H3. The third kappa shape index (κ3) is 5.50. The van der Waals surface area contributed by atoms with E-state index in [1.807, 2.05) is 73.5 Å². The first-order valence-electron chi connectivity index (χ1n) is 12.1. The van der Waals surface area contributed by atoms with Gasteiger partial charge in [-0.2, -0.15) is 0 Å². The molecule has 4 aromatic rings. The molecule has 1 aliphatic carbocycles. The number of sulfone groups is 1. The Morgan fingerprint density at radius 3 is 2.50 bits per heavy atom. The van der Waals surface area contributed by atoms with Crippen molar-refractivity contribution in [3.63, 3.8) is 0 Å². The number of aryl methyl sites for hydroxylation is 1. The Balaban J connectivity index is 1.35. The van der Waals surface area contributed by atoms with Crippen LogP contribution in [0.2, 0.25) is 0 Å². The lowest BCUT2D eigenvalue weighted by molar-refractivity contribution is 0.298. The van der Waals surface area contributed by atoms with Crippen molar-refractivity contribution in [2.75, 3.05) is 6.26 Å². The van der Waals surface area contributed by atoms with E-state index in [0.717, 1.165) is 39.0 Å². The Hall–Kier alpha value is -3.10. The smallest absolute Gasteiger partial charge is 0.175 e. The molecule has 2 aromatic carbocycles. The molecule has 0 unspecified atom stereocenters. The van der Waals surface area contributed by atoms with Crippen LogP contribution in [0.3, 0.4) is 0 Å². The van der Waals surface area contributed by atoms with Gasteiger partial charge in [0, 0.05) is 17.7 Å². The van der Waals surface area contributed by atoms with Gasteiger partial charge in [0.2, 0.25) is 0 Å². The van der Waals surface area contributed by atoms with Crippen LogP contribution in [0.1, 0.15) is 36.9 Å². The monoisotopic (exact) mass is 519 g/mol. The summed E-state index contributed by atoms with van der Waals surface area (Å²) in [6, 6.07) is 16.9. The van der Waals surface area contributed by atoms with E-state index in [2.05, 4.69) is 9.55 Å². The normalized spacial score (nSPS) is 14.3. The van der Waals surface area contributed by atoms with E-state index in [1.54, 1.807) is 18.3 Å². The summed E-state index contributed by atoms with van der Waals surface area (Å²) < 4.78 is 31.9. The highest BCUT2D eigenvalue weighted by molar-refractivity contribution is 7.99. The highest BCUT2D eigenvalue weighted by atomic mass is 32.2. The molecule has 1 saturated carbocycles. The molecule has 0 atom stereocenters. The van der Waals surface area contributed by atoms with Gasteiger partial charge < -0.3 is 4.74 Å². The lowest BCUT2D eigenvalue weighted by atomic mass is 10.0. The van der Waals surface area contributed by atoms with Crippen LogP contribution in [-0.4, -0.2) is 34.5 Å². The maximum absolute atomic E-state index is 11.8. The Kier molecular flexibility index (Phi) is 7.16. The van der Waals surface area contributed by atoms with E-state index in [-0.39, 0.29) is 0 Å². The van der Waals surface area contributed by atoms with Crippen molar-refractivity contribution in [1.29, 1.82) is 0 Å². The Labute approximate surface area is 216 Å². The summed E-state index contributed by atoms with van der Waals surface area (Å²) in [6.45, 7) is 2.41. The van der Waals surface area contributed by atoms with Gasteiger partial charge >= 0.3 is 0 Å². The first-order chi connectivity index (χ1) is 17.4. The van der Waals surface area contributed by atoms with Crippen LogP contribution in [0.5, 0.6) is 5.75 Å². The number of rotatable bonds is 8. The van der Waals surface area contributed by atoms with E-state index < -0.39 is 9.84 Å². The molecule has 0 saturated heterocycles. The van der Waals surface area contributed by atoms with Gasteiger partial charge in [0.1, 0.15) is 12.4 Å². The van der Waals surface area contributed by atoms with E-state index in [1.165, 1.54) is 31.9 Å². The molecular formula is C28H29N3O3S2. The van der Waals surface area contributed by atoms with E-state index in [9.17, 15) is 8.42 Å². The van der Waals surface area contributed by atoms with Crippen LogP contribution in [0.4, 0.5) is 0 Å². The summed E-state index contributed by atoms with van der Waals surface area (Å²) in [5, 5.41) is 1.59. The molecular weight excluding hydrogens is 490 g/mol. The highest BCUT2D eigenvalue weighted by Crippen LogP contribution is 2.36.